The van der Waals surface area contributed by atoms with Crippen LogP contribution in [-0.4, -0.2) is 32.1 Å². The molecule has 1 heterocycles. The van der Waals surface area contributed by atoms with Crippen molar-refractivity contribution >= 4 is 5.91 Å². The number of hydrogen-bond acceptors (Lipinski definition) is 3. The van der Waals surface area contributed by atoms with Gasteiger partial charge in [-0.3, -0.25) is 4.79 Å². The van der Waals surface area contributed by atoms with Gasteiger partial charge in [-0.15, -0.1) is 0 Å². The Morgan fingerprint density at radius 3 is 2.57 bits per heavy atom. The van der Waals surface area contributed by atoms with Gasteiger partial charge < -0.3 is 15.4 Å². The zero-order valence-electron chi connectivity index (χ0n) is 14.5. The van der Waals surface area contributed by atoms with Gasteiger partial charge in [0.25, 0.3) is 5.91 Å². The number of unbranched alkanes of at least 4 members (excludes halogenated alkanes) is 2. The second-order valence-corrected chi connectivity index (χ2v) is 6.82. The zero-order valence-corrected chi connectivity index (χ0v) is 14.5. The molecule has 1 aromatic rings. The molecule has 4 heteroatoms. The Morgan fingerprint density at radius 2 is 1.91 bits per heavy atom. The molecule has 2 N–H and O–H groups in total. The lowest BCUT2D eigenvalue weighted by Crippen LogP contribution is -2.42. The number of rotatable bonds is 8. The third-order valence-corrected chi connectivity index (χ3v) is 4.62. The van der Waals surface area contributed by atoms with Crippen LogP contribution in [0, 0.1) is 5.41 Å². The molecule has 0 aromatic heterocycles. The zero-order chi connectivity index (χ0) is 16.5. The SMILES string of the molecule is CCCCCOc1ccc(C(=O)NCC2(C)CCNCC2)cc1. The number of ether oxygens (including phenoxy) is 1. The summed E-state index contributed by atoms with van der Waals surface area (Å²) in [5, 5.41) is 6.44. The molecule has 1 fully saturated rings. The highest BCUT2D eigenvalue weighted by molar-refractivity contribution is 5.94. The highest BCUT2D eigenvalue weighted by Gasteiger charge is 2.27. The lowest BCUT2D eigenvalue weighted by Gasteiger charge is -2.34. The van der Waals surface area contributed by atoms with Gasteiger partial charge in [0.05, 0.1) is 6.61 Å². The van der Waals surface area contributed by atoms with Crippen molar-refractivity contribution in [3.63, 3.8) is 0 Å². The number of carbonyl (C=O) groups excluding carboxylic acids is 1. The summed E-state index contributed by atoms with van der Waals surface area (Å²) in [5.74, 6) is 0.838. The largest absolute Gasteiger partial charge is 0.494 e. The van der Waals surface area contributed by atoms with E-state index in [4.69, 9.17) is 4.74 Å². The van der Waals surface area contributed by atoms with E-state index in [1.54, 1.807) is 0 Å². The maximum atomic E-state index is 12.3. The molecule has 0 aliphatic carbocycles. The molecule has 128 valence electrons. The molecule has 1 saturated heterocycles. The molecule has 23 heavy (non-hydrogen) atoms. The lowest BCUT2D eigenvalue weighted by molar-refractivity contribution is 0.0922. The van der Waals surface area contributed by atoms with E-state index < -0.39 is 0 Å². The van der Waals surface area contributed by atoms with Crippen molar-refractivity contribution in [1.82, 2.24) is 10.6 Å². The summed E-state index contributed by atoms with van der Waals surface area (Å²) in [7, 11) is 0. The van der Waals surface area contributed by atoms with Crippen molar-refractivity contribution in [1.29, 1.82) is 0 Å². The highest BCUT2D eigenvalue weighted by atomic mass is 16.5. The molecule has 1 amide bonds. The summed E-state index contributed by atoms with van der Waals surface area (Å²) < 4.78 is 5.68. The monoisotopic (exact) mass is 318 g/mol. The molecule has 1 aromatic carbocycles. The van der Waals surface area contributed by atoms with Crippen LogP contribution in [0.1, 0.15) is 56.3 Å². The van der Waals surface area contributed by atoms with Crippen molar-refractivity contribution in [2.75, 3.05) is 26.2 Å². The fourth-order valence-electron chi connectivity index (χ4n) is 2.85. The second-order valence-electron chi connectivity index (χ2n) is 6.82. The van der Waals surface area contributed by atoms with E-state index in [1.165, 1.54) is 12.8 Å². The maximum Gasteiger partial charge on any atom is 0.251 e. The van der Waals surface area contributed by atoms with E-state index in [1.807, 2.05) is 24.3 Å². The van der Waals surface area contributed by atoms with Crippen LogP contribution < -0.4 is 15.4 Å². The van der Waals surface area contributed by atoms with Crippen LogP contribution in [0.15, 0.2) is 24.3 Å². The first kappa shape index (κ1) is 17.8. The lowest BCUT2D eigenvalue weighted by atomic mass is 9.81. The van der Waals surface area contributed by atoms with Crippen molar-refractivity contribution in [2.45, 2.75) is 46.0 Å². The molecule has 0 bridgehead atoms. The fourth-order valence-corrected chi connectivity index (χ4v) is 2.85. The molecule has 1 aliphatic rings. The van der Waals surface area contributed by atoms with Crippen molar-refractivity contribution in [2.24, 2.45) is 5.41 Å². The minimum absolute atomic E-state index is 0.00212. The fraction of sp³-hybridized carbons (Fsp3) is 0.632. The topological polar surface area (TPSA) is 50.4 Å². The Hall–Kier alpha value is -1.55. The summed E-state index contributed by atoms with van der Waals surface area (Å²) in [6.07, 6.45) is 5.67. The van der Waals surface area contributed by atoms with Gasteiger partial charge in [0, 0.05) is 12.1 Å². The smallest absolute Gasteiger partial charge is 0.251 e. The second kappa shape index (κ2) is 8.92. The molecule has 0 atom stereocenters. The van der Waals surface area contributed by atoms with E-state index in [0.29, 0.717) is 5.56 Å². The van der Waals surface area contributed by atoms with Gasteiger partial charge in [-0.1, -0.05) is 26.7 Å². The van der Waals surface area contributed by atoms with E-state index in [-0.39, 0.29) is 11.3 Å². The molecule has 0 spiro atoms. The summed E-state index contributed by atoms with van der Waals surface area (Å²) in [6.45, 7) is 7.99. The Bertz CT molecular complexity index is 479. The van der Waals surface area contributed by atoms with Gasteiger partial charge in [-0.25, -0.2) is 0 Å². The van der Waals surface area contributed by atoms with Crippen LogP contribution >= 0.6 is 0 Å². The van der Waals surface area contributed by atoms with Crippen molar-refractivity contribution < 1.29 is 9.53 Å². The molecular formula is C19H30N2O2. The Morgan fingerprint density at radius 1 is 1.22 bits per heavy atom. The number of amides is 1. The molecule has 0 unspecified atom stereocenters. The molecule has 2 rings (SSSR count). The van der Waals surface area contributed by atoms with E-state index in [9.17, 15) is 4.79 Å². The Balaban J connectivity index is 1.78. The molecular weight excluding hydrogens is 288 g/mol. The quantitative estimate of drug-likeness (QED) is 0.723. The Labute approximate surface area is 140 Å². The maximum absolute atomic E-state index is 12.3. The van der Waals surface area contributed by atoms with E-state index >= 15 is 0 Å². The number of nitrogens with one attached hydrogen (secondary N) is 2. The minimum Gasteiger partial charge on any atom is -0.494 e. The summed E-state index contributed by atoms with van der Waals surface area (Å²) in [5.41, 5.74) is 0.909. The molecule has 1 aliphatic heterocycles. The summed E-state index contributed by atoms with van der Waals surface area (Å²) >= 11 is 0. The molecule has 0 radical (unpaired) electrons. The summed E-state index contributed by atoms with van der Waals surface area (Å²) in [4.78, 5) is 12.3. The average Bonchev–Trinajstić information content (AvgIpc) is 2.58. The number of carbonyl (C=O) groups is 1. The first-order chi connectivity index (χ1) is 11.1. The van der Waals surface area contributed by atoms with Gasteiger partial charge in [0.1, 0.15) is 5.75 Å². The normalized spacial score (nSPS) is 16.8. The van der Waals surface area contributed by atoms with Crippen LogP contribution in [0.2, 0.25) is 0 Å². The van der Waals surface area contributed by atoms with Gasteiger partial charge in [0.2, 0.25) is 0 Å². The third-order valence-electron chi connectivity index (χ3n) is 4.62. The first-order valence-electron chi connectivity index (χ1n) is 8.85. The van der Waals surface area contributed by atoms with Crippen LogP contribution in [0.25, 0.3) is 0 Å². The molecule has 4 nitrogen and oxygen atoms in total. The predicted octanol–water partition coefficient (Wildman–Crippen LogP) is 3.38. The van der Waals surface area contributed by atoms with Gasteiger partial charge >= 0.3 is 0 Å². The van der Waals surface area contributed by atoms with Gasteiger partial charge in [0.15, 0.2) is 0 Å². The van der Waals surface area contributed by atoms with Crippen molar-refractivity contribution in [3.05, 3.63) is 29.8 Å². The first-order valence-corrected chi connectivity index (χ1v) is 8.85. The number of hydrogen-bond donors (Lipinski definition) is 2. The van der Waals surface area contributed by atoms with Crippen molar-refractivity contribution in [3.8, 4) is 5.75 Å². The van der Waals surface area contributed by atoms with E-state index in [2.05, 4.69) is 24.5 Å². The van der Waals surface area contributed by atoms with Crippen LogP contribution in [-0.2, 0) is 0 Å². The van der Waals surface area contributed by atoms with Crippen LogP contribution in [0.3, 0.4) is 0 Å². The van der Waals surface area contributed by atoms with Gasteiger partial charge in [-0.2, -0.15) is 0 Å². The van der Waals surface area contributed by atoms with Crippen LogP contribution in [0.5, 0.6) is 5.75 Å². The predicted molar refractivity (Wildman–Crippen MR) is 94.0 cm³/mol. The molecule has 0 saturated carbocycles. The average molecular weight is 318 g/mol. The van der Waals surface area contributed by atoms with E-state index in [0.717, 1.165) is 51.3 Å². The highest BCUT2D eigenvalue weighted by Crippen LogP contribution is 2.26. The minimum atomic E-state index is 0.00212. The third kappa shape index (κ3) is 5.87. The number of benzene rings is 1. The summed E-state index contributed by atoms with van der Waals surface area (Å²) in [6, 6.07) is 7.45. The van der Waals surface area contributed by atoms with Gasteiger partial charge in [-0.05, 0) is 62.0 Å². The van der Waals surface area contributed by atoms with Crippen LogP contribution in [0.4, 0.5) is 0 Å². The number of piperidine rings is 1. The Kier molecular flexibility index (Phi) is 6.90. The standard InChI is InChI=1S/C19H30N2O2/c1-3-4-5-14-23-17-8-6-16(7-9-17)18(22)21-15-19(2)10-12-20-13-11-19/h6-9,20H,3-5,10-15H2,1-2H3,(H,21,22).